The molecule has 2 heterocycles. The molecule has 0 saturated carbocycles. The number of fused-ring (bicyclic) bond motifs is 2. The topological polar surface area (TPSA) is 109 Å². The molecule has 0 aliphatic heterocycles. The molecule has 5 rings (SSSR count). The number of H-pyrrole nitrogens is 1. The van der Waals surface area contributed by atoms with Gasteiger partial charge in [0.2, 0.25) is 0 Å². The number of aromatic nitrogens is 2. The Balaban J connectivity index is 1.52. The Morgan fingerprint density at radius 2 is 2.11 bits per heavy atom. The zero-order valence-corrected chi connectivity index (χ0v) is 20.6. The molecular weight excluding hydrogens is 458 g/mol. The van der Waals surface area contributed by atoms with Crippen molar-refractivity contribution < 1.29 is 19.1 Å². The second-order valence-corrected chi connectivity index (χ2v) is 9.74. The number of aryl methyl sites for hydroxylation is 1. The largest absolute Gasteiger partial charge is 0.496 e. The maximum atomic E-state index is 13.1. The summed E-state index contributed by atoms with van der Waals surface area (Å²) >= 11 is 0. The highest BCUT2D eigenvalue weighted by molar-refractivity contribution is 5.88. The number of carbonyl (C=O) groups is 1. The third kappa shape index (κ3) is 4.46. The molecule has 1 aliphatic carbocycles. The number of nitrogens with one attached hydrogen (secondary N) is 1. The van der Waals surface area contributed by atoms with Gasteiger partial charge in [-0.15, -0.1) is 0 Å². The van der Waals surface area contributed by atoms with Crippen molar-refractivity contribution in [3.8, 4) is 28.3 Å². The third-order valence-electron chi connectivity index (χ3n) is 6.80. The molecule has 186 valence electrons. The van der Waals surface area contributed by atoms with Crippen molar-refractivity contribution in [2.45, 2.75) is 32.6 Å². The lowest BCUT2D eigenvalue weighted by Crippen LogP contribution is -2.36. The van der Waals surface area contributed by atoms with E-state index in [0.29, 0.717) is 46.8 Å². The van der Waals surface area contributed by atoms with Gasteiger partial charge >= 0.3 is 6.09 Å². The Bertz CT molecular complexity index is 1470. The molecule has 36 heavy (non-hydrogen) atoms. The first kappa shape index (κ1) is 23.7. The van der Waals surface area contributed by atoms with Gasteiger partial charge in [0, 0.05) is 42.2 Å². The van der Waals surface area contributed by atoms with E-state index in [-0.39, 0.29) is 17.3 Å². The first-order valence-electron chi connectivity index (χ1n) is 12.1. The van der Waals surface area contributed by atoms with E-state index in [1.807, 2.05) is 19.9 Å². The second-order valence-electron chi connectivity index (χ2n) is 9.74. The molecule has 1 atom stereocenters. The van der Waals surface area contributed by atoms with Gasteiger partial charge in [0.25, 0.3) is 0 Å². The maximum Gasteiger partial charge on any atom is 0.407 e. The van der Waals surface area contributed by atoms with Crippen LogP contribution in [0.15, 0.2) is 58.2 Å². The van der Waals surface area contributed by atoms with Crippen LogP contribution in [0.25, 0.3) is 33.5 Å². The monoisotopic (exact) mass is 487 g/mol. The molecule has 8 nitrogen and oxygen atoms in total. The first-order valence-corrected chi connectivity index (χ1v) is 12.1. The summed E-state index contributed by atoms with van der Waals surface area (Å²) in [5.74, 6) is 1.49. The van der Waals surface area contributed by atoms with E-state index in [4.69, 9.17) is 9.15 Å². The molecule has 4 aromatic rings. The minimum Gasteiger partial charge on any atom is -0.496 e. The first-order chi connectivity index (χ1) is 17.3. The number of carboxylic acid groups (broad SMARTS) is 1. The van der Waals surface area contributed by atoms with Crippen LogP contribution in [-0.4, -0.2) is 46.3 Å². The molecule has 8 heteroatoms. The van der Waals surface area contributed by atoms with Crippen LogP contribution in [0.5, 0.6) is 5.75 Å². The Morgan fingerprint density at radius 1 is 1.28 bits per heavy atom. The highest BCUT2D eigenvalue weighted by Gasteiger charge is 2.27. The zero-order valence-electron chi connectivity index (χ0n) is 20.6. The number of rotatable bonds is 7. The lowest BCUT2D eigenvalue weighted by Gasteiger charge is -2.25. The van der Waals surface area contributed by atoms with Crippen molar-refractivity contribution in [2.24, 2.45) is 5.92 Å². The van der Waals surface area contributed by atoms with Gasteiger partial charge in [-0.1, -0.05) is 26.0 Å². The van der Waals surface area contributed by atoms with Gasteiger partial charge < -0.3 is 24.1 Å². The van der Waals surface area contributed by atoms with E-state index >= 15 is 0 Å². The fraction of sp³-hybridized carbons (Fsp3) is 0.321. The molecular formula is C28H29N3O5. The van der Waals surface area contributed by atoms with Gasteiger partial charge in [-0.3, -0.25) is 4.79 Å². The fourth-order valence-corrected chi connectivity index (χ4v) is 5.13. The minimum atomic E-state index is -0.884. The molecule has 0 fully saturated rings. The summed E-state index contributed by atoms with van der Waals surface area (Å²) in [5, 5.41) is 10.2. The van der Waals surface area contributed by atoms with Crippen LogP contribution >= 0.6 is 0 Å². The lowest BCUT2D eigenvalue weighted by molar-refractivity contribution is 0.136. The fourth-order valence-electron chi connectivity index (χ4n) is 5.13. The van der Waals surface area contributed by atoms with Gasteiger partial charge in [0.05, 0.1) is 24.4 Å². The summed E-state index contributed by atoms with van der Waals surface area (Å²) in [6.45, 7) is 5.03. The number of nitrogens with zero attached hydrogens (tertiary/aromatic N) is 2. The summed E-state index contributed by atoms with van der Waals surface area (Å²) in [4.78, 5) is 33.8. The van der Waals surface area contributed by atoms with Crippen LogP contribution in [0.4, 0.5) is 4.79 Å². The number of benzene rings is 2. The molecule has 1 unspecified atom stereocenters. The number of hydrogen-bond donors (Lipinski definition) is 2. The molecule has 0 radical (unpaired) electrons. The van der Waals surface area contributed by atoms with Crippen LogP contribution < -0.4 is 10.2 Å². The molecule has 0 bridgehead atoms. The van der Waals surface area contributed by atoms with Gasteiger partial charge in [-0.05, 0) is 47.6 Å². The van der Waals surface area contributed by atoms with Crippen molar-refractivity contribution >= 4 is 17.0 Å². The molecule has 1 aliphatic rings. The van der Waals surface area contributed by atoms with Crippen molar-refractivity contribution in [2.75, 3.05) is 20.2 Å². The summed E-state index contributed by atoms with van der Waals surface area (Å²) in [6, 6.07) is 11.4. The molecule has 1 amide bonds. The highest BCUT2D eigenvalue weighted by Crippen LogP contribution is 2.37. The maximum absolute atomic E-state index is 13.1. The van der Waals surface area contributed by atoms with E-state index in [0.717, 1.165) is 24.0 Å². The summed E-state index contributed by atoms with van der Waals surface area (Å²) in [5.41, 5.74) is 5.18. The third-order valence-corrected chi connectivity index (χ3v) is 6.80. The van der Waals surface area contributed by atoms with E-state index in [1.54, 1.807) is 31.5 Å². The number of oxazole rings is 1. The number of pyridine rings is 1. The summed E-state index contributed by atoms with van der Waals surface area (Å²) < 4.78 is 11.0. The average molecular weight is 488 g/mol. The Labute approximate surface area is 208 Å². The predicted octanol–water partition coefficient (Wildman–Crippen LogP) is 5.52. The van der Waals surface area contributed by atoms with Gasteiger partial charge in [0.1, 0.15) is 5.75 Å². The van der Waals surface area contributed by atoms with E-state index in [1.165, 1.54) is 16.9 Å². The molecule has 2 N–H and O–H groups in total. The summed E-state index contributed by atoms with van der Waals surface area (Å²) in [6.07, 6.45) is 3.87. The Hall–Kier alpha value is -4.07. The number of hydrogen-bond acceptors (Lipinski definition) is 5. The van der Waals surface area contributed by atoms with Crippen LogP contribution in [0.1, 0.15) is 37.3 Å². The van der Waals surface area contributed by atoms with E-state index < -0.39 is 6.09 Å². The predicted molar refractivity (Wildman–Crippen MR) is 138 cm³/mol. The van der Waals surface area contributed by atoms with Crippen molar-refractivity contribution in [3.05, 3.63) is 70.3 Å². The minimum absolute atomic E-state index is 0.117. The van der Waals surface area contributed by atoms with Crippen LogP contribution in [0, 0.1) is 5.92 Å². The second kappa shape index (κ2) is 9.53. The zero-order chi connectivity index (χ0) is 25.4. The number of methoxy groups -OCH3 is 1. The van der Waals surface area contributed by atoms with Crippen molar-refractivity contribution in [1.82, 2.24) is 14.9 Å². The van der Waals surface area contributed by atoms with Crippen molar-refractivity contribution in [1.29, 1.82) is 0 Å². The number of ether oxygens (including phenoxy) is 1. The molecule has 2 aromatic carbocycles. The Morgan fingerprint density at radius 3 is 2.81 bits per heavy atom. The smallest absolute Gasteiger partial charge is 0.407 e. The van der Waals surface area contributed by atoms with Crippen LogP contribution in [0.2, 0.25) is 0 Å². The normalized spacial score (nSPS) is 14.8. The van der Waals surface area contributed by atoms with Crippen molar-refractivity contribution in [3.63, 3.8) is 0 Å². The number of amides is 1. The number of aromatic amines is 1. The van der Waals surface area contributed by atoms with Gasteiger partial charge in [-0.2, -0.15) is 0 Å². The van der Waals surface area contributed by atoms with Gasteiger partial charge in [-0.25, -0.2) is 9.78 Å². The van der Waals surface area contributed by atoms with E-state index in [9.17, 15) is 14.7 Å². The van der Waals surface area contributed by atoms with Gasteiger partial charge in [0.15, 0.2) is 17.6 Å². The SMILES string of the molecule is COc1cc2[nH]c(-c3ccc4c(c3)C(CN(CC(C)C)C(=O)O)CC4)cc(=O)c2cc1-c1cnco1. The molecule has 2 aromatic heterocycles. The van der Waals surface area contributed by atoms with Crippen LogP contribution in [0.3, 0.4) is 0 Å². The lowest BCUT2D eigenvalue weighted by atomic mass is 9.96. The standard InChI is InChI=1S/C28H29N3O5/c1-16(2)13-31(28(33)34)14-19-7-5-17-4-6-18(8-20(17)19)23-10-25(32)21-9-22(27-12-29-15-36-27)26(35-3)11-24(21)30-23/h4,6,8-12,15-16,19H,5,7,13-14H2,1-3H3,(H,30,32)(H,33,34). The average Bonchev–Trinajstić information content (AvgIpc) is 3.52. The summed E-state index contributed by atoms with van der Waals surface area (Å²) in [7, 11) is 1.57. The van der Waals surface area contributed by atoms with Crippen LogP contribution in [-0.2, 0) is 6.42 Å². The molecule has 0 saturated heterocycles. The highest BCUT2D eigenvalue weighted by atomic mass is 16.5. The molecule has 0 spiro atoms. The van der Waals surface area contributed by atoms with E-state index in [2.05, 4.69) is 22.1 Å². The Kier molecular flexibility index (Phi) is 6.26. The quantitative estimate of drug-likeness (QED) is 0.355.